The van der Waals surface area contributed by atoms with Gasteiger partial charge in [0, 0.05) is 5.69 Å². The quantitative estimate of drug-likeness (QED) is 0.527. The van der Waals surface area contributed by atoms with Gasteiger partial charge < -0.3 is 19.8 Å². The first-order chi connectivity index (χ1) is 13.6. The third kappa shape index (κ3) is 3.61. The van der Waals surface area contributed by atoms with Crippen LogP contribution in [0.2, 0.25) is 0 Å². The van der Waals surface area contributed by atoms with E-state index in [0.29, 0.717) is 35.9 Å². The molecule has 10 heteroatoms. The van der Waals surface area contributed by atoms with Crippen LogP contribution < -0.4 is 20.7 Å². The van der Waals surface area contributed by atoms with E-state index in [9.17, 15) is 9.59 Å². The van der Waals surface area contributed by atoms with Crippen LogP contribution in [0, 0.1) is 0 Å². The van der Waals surface area contributed by atoms with Gasteiger partial charge in [0.2, 0.25) is 11.9 Å². The molecule has 3 heterocycles. The van der Waals surface area contributed by atoms with Crippen molar-refractivity contribution in [3.05, 3.63) is 53.5 Å². The van der Waals surface area contributed by atoms with Gasteiger partial charge in [0.1, 0.15) is 5.76 Å². The van der Waals surface area contributed by atoms with Gasteiger partial charge in [-0.1, -0.05) is 0 Å². The second-order valence-corrected chi connectivity index (χ2v) is 5.80. The number of amides is 2. The Hall–Kier alpha value is -3.95. The molecule has 0 spiro atoms. The molecule has 0 aliphatic carbocycles. The average molecular weight is 380 g/mol. The molecule has 1 aliphatic heterocycles. The van der Waals surface area contributed by atoms with E-state index in [2.05, 4.69) is 30.9 Å². The number of rotatable bonds is 7. The topological polar surface area (TPSA) is 131 Å². The average Bonchev–Trinajstić information content (AvgIpc) is 3.29. The van der Waals surface area contributed by atoms with Gasteiger partial charge >= 0.3 is 6.01 Å². The van der Waals surface area contributed by atoms with Crippen molar-refractivity contribution in [1.29, 1.82) is 0 Å². The SMILES string of the molecule is CCOc1nc(NCc2ccco2)nc(Nc2ccc3c(c2)C(=O)NC3=O)n1. The van der Waals surface area contributed by atoms with Crippen LogP contribution in [0.4, 0.5) is 17.6 Å². The molecular weight excluding hydrogens is 364 g/mol. The van der Waals surface area contributed by atoms with Crippen molar-refractivity contribution in [2.45, 2.75) is 13.5 Å². The van der Waals surface area contributed by atoms with E-state index < -0.39 is 11.8 Å². The highest BCUT2D eigenvalue weighted by Gasteiger charge is 2.26. The second-order valence-electron chi connectivity index (χ2n) is 5.80. The molecule has 0 atom stereocenters. The zero-order valence-electron chi connectivity index (χ0n) is 14.9. The Morgan fingerprint density at radius 2 is 1.89 bits per heavy atom. The molecule has 0 saturated heterocycles. The summed E-state index contributed by atoms with van der Waals surface area (Å²) in [5.41, 5.74) is 1.18. The van der Waals surface area contributed by atoms with Crippen molar-refractivity contribution in [2.24, 2.45) is 0 Å². The molecule has 3 N–H and O–H groups in total. The van der Waals surface area contributed by atoms with Crippen LogP contribution in [0.1, 0.15) is 33.4 Å². The summed E-state index contributed by atoms with van der Waals surface area (Å²) in [5, 5.41) is 8.30. The normalized spacial score (nSPS) is 12.5. The Labute approximate surface area is 159 Å². The lowest BCUT2D eigenvalue weighted by Crippen LogP contribution is -2.19. The summed E-state index contributed by atoms with van der Waals surface area (Å²) in [7, 11) is 0. The third-order valence-electron chi connectivity index (χ3n) is 3.88. The van der Waals surface area contributed by atoms with Gasteiger partial charge in [-0.05, 0) is 37.3 Å². The van der Waals surface area contributed by atoms with E-state index >= 15 is 0 Å². The fourth-order valence-corrected chi connectivity index (χ4v) is 2.64. The van der Waals surface area contributed by atoms with Crippen molar-refractivity contribution in [2.75, 3.05) is 17.2 Å². The monoisotopic (exact) mass is 380 g/mol. The smallest absolute Gasteiger partial charge is 0.323 e. The predicted octanol–water partition coefficient (Wildman–Crippen LogP) is 2.10. The summed E-state index contributed by atoms with van der Waals surface area (Å²) in [6.07, 6.45) is 1.58. The number of fused-ring (bicyclic) bond motifs is 1. The molecular formula is C18H16N6O4. The number of nitrogens with one attached hydrogen (secondary N) is 3. The zero-order valence-corrected chi connectivity index (χ0v) is 14.9. The van der Waals surface area contributed by atoms with Crippen LogP contribution in [-0.4, -0.2) is 33.4 Å². The highest BCUT2D eigenvalue weighted by atomic mass is 16.5. The van der Waals surface area contributed by atoms with Crippen molar-refractivity contribution in [3.8, 4) is 6.01 Å². The fourth-order valence-electron chi connectivity index (χ4n) is 2.64. The van der Waals surface area contributed by atoms with E-state index in [0.717, 1.165) is 5.76 Å². The Balaban J connectivity index is 1.57. The summed E-state index contributed by atoms with van der Waals surface area (Å²) in [5.74, 6) is 0.406. The van der Waals surface area contributed by atoms with Crippen LogP contribution in [0.15, 0.2) is 41.0 Å². The van der Waals surface area contributed by atoms with Gasteiger partial charge in [0.15, 0.2) is 0 Å². The van der Waals surface area contributed by atoms with Gasteiger partial charge in [-0.2, -0.15) is 15.0 Å². The lowest BCUT2D eigenvalue weighted by atomic mass is 10.1. The second kappa shape index (κ2) is 7.35. The summed E-state index contributed by atoms with van der Waals surface area (Å²) in [4.78, 5) is 36.2. The van der Waals surface area contributed by atoms with Crippen LogP contribution in [0.3, 0.4) is 0 Å². The minimum absolute atomic E-state index is 0.149. The van der Waals surface area contributed by atoms with Gasteiger partial charge in [-0.3, -0.25) is 14.9 Å². The van der Waals surface area contributed by atoms with E-state index in [1.165, 1.54) is 0 Å². The first-order valence-electron chi connectivity index (χ1n) is 8.54. The maximum Gasteiger partial charge on any atom is 0.323 e. The van der Waals surface area contributed by atoms with E-state index in [1.807, 2.05) is 13.0 Å². The number of hydrogen-bond donors (Lipinski definition) is 3. The van der Waals surface area contributed by atoms with Crippen molar-refractivity contribution in [1.82, 2.24) is 20.3 Å². The Morgan fingerprint density at radius 1 is 1.07 bits per heavy atom. The fraction of sp³-hybridized carbons (Fsp3) is 0.167. The molecule has 1 aliphatic rings. The summed E-state index contributed by atoms with van der Waals surface area (Å²) in [6.45, 7) is 2.61. The number of ether oxygens (including phenoxy) is 1. The van der Waals surface area contributed by atoms with Crippen molar-refractivity contribution < 1.29 is 18.7 Å². The molecule has 0 unspecified atom stereocenters. The number of benzene rings is 1. The largest absolute Gasteiger partial charge is 0.467 e. The van der Waals surface area contributed by atoms with Gasteiger partial charge in [0.25, 0.3) is 11.8 Å². The van der Waals surface area contributed by atoms with Crippen molar-refractivity contribution >= 4 is 29.4 Å². The number of imide groups is 1. The van der Waals surface area contributed by atoms with E-state index in [4.69, 9.17) is 9.15 Å². The maximum absolute atomic E-state index is 11.8. The minimum Gasteiger partial charge on any atom is -0.467 e. The summed E-state index contributed by atoms with van der Waals surface area (Å²) in [6, 6.07) is 8.56. The number of furan rings is 1. The highest BCUT2D eigenvalue weighted by Crippen LogP contribution is 2.23. The molecule has 3 aromatic rings. The number of carbonyl (C=O) groups is 2. The van der Waals surface area contributed by atoms with Gasteiger partial charge in [-0.15, -0.1) is 0 Å². The van der Waals surface area contributed by atoms with E-state index in [-0.39, 0.29) is 12.0 Å². The molecule has 2 amide bonds. The first-order valence-corrected chi connectivity index (χ1v) is 8.54. The van der Waals surface area contributed by atoms with Gasteiger partial charge in [0.05, 0.1) is 30.5 Å². The lowest BCUT2D eigenvalue weighted by Gasteiger charge is -2.10. The van der Waals surface area contributed by atoms with Crippen LogP contribution in [0.5, 0.6) is 6.01 Å². The molecule has 4 rings (SSSR count). The minimum atomic E-state index is -0.435. The number of hydrogen-bond acceptors (Lipinski definition) is 9. The highest BCUT2D eigenvalue weighted by molar-refractivity contribution is 6.21. The molecule has 0 fully saturated rings. The maximum atomic E-state index is 11.8. The molecule has 142 valence electrons. The zero-order chi connectivity index (χ0) is 19.5. The number of anilines is 3. The van der Waals surface area contributed by atoms with E-state index in [1.54, 1.807) is 30.5 Å². The molecule has 1 aromatic carbocycles. The molecule has 28 heavy (non-hydrogen) atoms. The Bertz CT molecular complexity index is 1030. The molecule has 0 radical (unpaired) electrons. The molecule has 0 saturated carbocycles. The first kappa shape index (κ1) is 17.5. The number of aromatic nitrogens is 3. The van der Waals surface area contributed by atoms with Crippen LogP contribution >= 0.6 is 0 Å². The summed E-state index contributed by atoms with van der Waals surface area (Å²) >= 11 is 0. The third-order valence-corrected chi connectivity index (χ3v) is 3.88. The standard InChI is InChI=1S/C18H16N6O4/c1-2-27-18-23-16(19-9-11-4-3-7-28-11)22-17(24-18)20-10-5-6-12-13(8-10)15(26)21-14(12)25/h3-8H,2,9H2,1H3,(H,21,25,26)(H2,19,20,22,23,24). The molecule has 0 bridgehead atoms. The summed E-state index contributed by atoms with van der Waals surface area (Å²) < 4.78 is 10.7. The number of nitrogens with zero attached hydrogens (tertiary/aromatic N) is 3. The Kier molecular flexibility index (Phi) is 4.58. The number of carbonyl (C=O) groups excluding carboxylic acids is 2. The lowest BCUT2D eigenvalue weighted by molar-refractivity contribution is 0.0879. The van der Waals surface area contributed by atoms with Crippen LogP contribution in [0.25, 0.3) is 0 Å². The van der Waals surface area contributed by atoms with Crippen LogP contribution in [-0.2, 0) is 6.54 Å². The van der Waals surface area contributed by atoms with Gasteiger partial charge in [-0.25, -0.2) is 0 Å². The molecule has 2 aromatic heterocycles. The predicted molar refractivity (Wildman–Crippen MR) is 98.6 cm³/mol. The Morgan fingerprint density at radius 3 is 2.68 bits per heavy atom. The van der Waals surface area contributed by atoms with Crippen molar-refractivity contribution in [3.63, 3.8) is 0 Å². The molecule has 10 nitrogen and oxygen atoms in total.